The van der Waals surface area contributed by atoms with Crippen molar-refractivity contribution in [2.24, 2.45) is 0 Å². The molecule has 1 aliphatic rings. The van der Waals surface area contributed by atoms with Crippen molar-refractivity contribution in [2.45, 2.75) is 26.3 Å². The van der Waals surface area contributed by atoms with E-state index in [0.717, 1.165) is 6.42 Å². The Bertz CT molecular complexity index is 1140. The fourth-order valence-corrected chi connectivity index (χ4v) is 4.07. The maximum absolute atomic E-state index is 13.0. The van der Waals surface area contributed by atoms with Crippen molar-refractivity contribution in [3.63, 3.8) is 0 Å². The number of aryl methyl sites for hydroxylation is 1. The number of ether oxygens (including phenoxy) is 1. The number of carbonyl (C=O) groups excluding carboxylic acids is 2. The molecule has 8 nitrogen and oxygen atoms in total. The smallest absolute Gasteiger partial charge is 0.301 e. The lowest BCUT2D eigenvalue weighted by molar-refractivity contribution is -0.132. The van der Waals surface area contributed by atoms with E-state index in [1.165, 1.54) is 28.6 Å². The van der Waals surface area contributed by atoms with E-state index in [9.17, 15) is 14.7 Å². The number of nitrogens with zero attached hydrogens (tertiary/aromatic N) is 4. The second kappa shape index (κ2) is 8.65. The molecule has 0 spiro atoms. The number of aliphatic hydroxyl groups excluding tert-OH is 1. The van der Waals surface area contributed by atoms with E-state index in [-0.39, 0.29) is 11.3 Å². The van der Waals surface area contributed by atoms with E-state index in [1.54, 1.807) is 43.3 Å². The van der Waals surface area contributed by atoms with Gasteiger partial charge >= 0.3 is 5.91 Å². The average Bonchev–Trinajstić information content (AvgIpc) is 3.33. The standard InChI is InChI=1S/C22H20N4O4S/c1-3-12-30-16-6-4-14(5-7-16)18-17(19(27)15-8-10-23-11-9-15)20(28)21(29)26(18)22-25-24-13(2)31-22/h4-11,18,27H,3,12H2,1-2H3. The van der Waals surface area contributed by atoms with Gasteiger partial charge in [0.25, 0.3) is 5.78 Å². The number of hydrogen-bond acceptors (Lipinski definition) is 8. The molecule has 1 aromatic carbocycles. The summed E-state index contributed by atoms with van der Waals surface area (Å²) < 4.78 is 5.64. The van der Waals surface area contributed by atoms with Crippen LogP contribution in [0.15, 0.2) is 54.4 Å². The number of hydrogen-bond donors (Lipinski definition) is 1. The predicted molar refractivity (Wildman–Crippen MR) is 116 cm³/mol. The fraction of sp³-hybridized carbons (Fsp3) is 0.227. The molecular formula is C22H20N4O4S. The molecule has 3 heterocycles. The molecule has 1 N–H and O–H groups in total. The van der Waals surface area contributed by atoms with Crippen molar-refractivity contribution in [3.05, 3.63) is 70.5 Å². The minimum absolute atomic E-state index is 0.00807. The van der Waals surface area contributed by atoms with Crippen molar-refractivity contribution in [1.82, 2.24) is 15.2 Å². The van der Waals surface area contributed by atoms with Crippen LogP contribution in [0.3, 0.4) is 0 Å². The highest BCUT2D eigenvalue weighted by molar-refractivity contribution is 7.15. The first-order chi connectivity index (χ1) is 15.0. The number of aliphatic hydroxyl groups is 1. The predicted octanol–water partition coefficient (Wildman–Crippen LogP) is 3.66. The Balaban J connectivity index is 1.85. The van der Waals surface area contributed by atoms with E-state index in [2.05, 4.69) is 15.2 Å². The van der Waals surface area contributed by atoms with Crippen LogP contribution in [0.5, 0.6) is 5.75 Å². The van der Waals surface area contributed by atoms with Gasteiger partial charge in [0, 0.05) is 18.0 Å². The second-order valence-corrected chi connectivity index (χ2v) is 8.09. The molecule has 4 rings (SSSR count). The van der Waals surface area contributed by atoms with Gasteiger partial charge in [0.05, 0.1) is 18.2 Å². The molecule has 1 amide bonds. The molecular weight excluding hydrogens is 416 g/mol. The fourth-order valence-electron chi connectivity index (χ4n) is 3.36. The monoisotopic (exact) mass is 436 g/mol. The summed E-state index contributed by atoms with van der Waals surface area (Å²) in [6, 6.07) is 9.43. The van der Waals surface area contributed by atoms with Crippen molar-refractivity contribution >= 4 is 33.9 Å². The summed E-state index contributed by atoms with van der Waals surface area (Å²) in [5.41, 5.74) is 1.03. The first-order valence-corrected chi connectivity index (χ1v) is 10.6. The van der Waals surface area contributed by atoms with Crippen LogP contribution in [-0.4, -0.2) is 38.6 Å². The van der Waals surface area contributed by atoms with Gasteiger partial charge in [-0.2, -0.15) is 0 Å². The van der Waals surface area contributed by atoms with Crippen molar-refractivity contribution in [3.8, 4) is 5.75 Å². The summed E-state index contributed by atoms with van der Waals surface area (Å²) in [6.07, 6.45) is 3.90. The summed E-state index contributed by atoms with van der Waals surface area (Å²) in [7, 11) is 0. The number of Topliss-reactive ketones (excluding diaryl/α,β-unsaturated/α-hetero) is 1. The topological polar surface area (TPSA) is 106 Å². The van der Waals surface area contributed by atoms with Gasteiger partial charge in [-0.15, -0.1) is 10.2 Å². The summed E-state index contributed by atoms with van der Waals surface area (Å²) >= 11 is 1.20. The Kier molecular flexibility index (Phi) is 5.77. The Morgan fingerprint density at radius 3 is 2.45 bits per heavy atom. The SMILES string of the molecule is CCCOc1ccc(C2C(=C(O)c3ccncc3)C(=O)C(=O)N2c2nnc(C)s2)cc1. The van der Waals surface area contributed by atoms with Crippen LogP contribution in [0.1, 0.15) is 35.5 Å². The Hall–Kier alpha value is -3.59. The van der Waals surface area contributed by atoms with Gasteiger partial charge < -0.3 is 9.84 Å². The zero-order chi connectivity index (χ0) is 22.0. The van der Waals surface area contributed by atoms with Crippen LogP contribution in [0.25, 0.3) is 5.76 Å². The third kappa shape index (κ3) is 3.91. The first kappa shape index (κ1) is 20.7. The van der Waals surface area contributed by atoms with Crippen molar-refractivity contribution < 1.29 is 19.4 Å². The minimum atomic E-state index is -0.847. The molecule has 1 unspecified atom stereocenters. The molecule has 1 fully saturated rings. The number of aromatic nitrogens is 3. The van der Waals surface area contributed by atoms with Crippen LogP contribution < -0.4 is 9.64 Å². The van der Waals surface area contributed by atoms with E-state index >= 15 is 0 Å². The molecule has 1 saturated heterocycles. The molecule has 3 aromatic rings. The normalized spacial score (nSPS) is 17.9. The molecule has 9 heteroatoms. The lowest BCUT2D eigenvalue weighted by Crippen LogP contribution is -2.29. The molecule has 1 aliphatic heterocycles. The Morgan fingerprint density at radius 1 is 1.13 bits per heavy atom. The average molecular weight is 436 g/mol. The highest BCUT2D eigenvalue weighted by Crippen LogP contribution is 2.43. The maximum atomic E-state index is 13.0. The highest BCUT2D eigenvalue weighted by atomic mass is 32.1. The molecule has 31 heavy (non-hydrogen) atoms. The third-order valence-electron chi connectivity index (χ3n) is 4.79. The molecule has 1 atom stereocenters. The van der Waals surface area contributed by atoms with E-state index in [1.807, 2.05) is 6.92 Å². The lowest BCUT2D eigenvalue weighted by Gasteiger charge is -2.22. The summed E-state index contributed by atoms with van der Waals surface area (Å²) in [6.45, 7) is 4.37. The van der Waals surface area contributed by atoms with E-state index in [4.69, 9.17) is 4.74 Å². The van der Waals surface area contributed by atoms with Gasteiger partial charge in [0.2, 0.25) is 5.13 Å². The first-order valence-electron chi connectivity index (χ1n) is 9.75. The summed E-state index contributed by atoms with van der Waals surface area (Å²) in [5, 5.41) is 20.0. The van der Waals surface area contributed by atoms with Crippen LogP contribution >= 0.6 is 11.3 Å². The molecule has 0 saturated carbocycles. The van der Waals surface area contributed by atoms with E-state index in [0.29, 0.717) is 33.6 Å². The van der Waals surface area contributed by atoms with Crippen LogP contribution in [-0.2, 0) is 9.59 Å². The molecule has 0 aliphatic carbocycles. The van der Waals surface area contributed by atoms with Gasteiger partial charge in [-0.05, 0) is 43.2 Å². The zero-order valence-corrected chi connectivity index (χ0v) is 17.8. The summed E-state index contributed by atoms with van der Waals surface area (Å²) in [4.78, 5) is 31.2. The van der Waals surface area contributed by atoms with E-state index < -0.39 is 17.7 Å². The molecule has 2 aromatic heterocycles. The molecule has 158 valence electrons. The number of ketones is 1. The summed E-state index contributed by atoms with van der Waals surface area (Å²) in [5.74, 6) is -1.12. The Labute approximate surface area is 182 Å². The largest absolute Gasteiger partial charge is 0.507 e. The van der Waals surface area contributed by atoms with Gasteiger partial charge in [0.15, 0.2) is 0 Å². The molecule has 0 bridgehead atoms. The lowest BCUT2D eigenvalue weighted by atomic mass is 9.95. The van der Waals surface area contributed by atoms with Gasteiger partial charge in [-0.3, -0.25) is 19.5 Å². The van der Waals surface area contributed by atoms with Crippen molar-refractivity contribution in [1.29, 1.82) is 0 Å². The number of rotatable bonds is 6. The number of pyridine rings is 1. The maximum Gasteiger partial charge on any atom is 0.301 e. The quantitative estimate of drug-likeness (QED) is 0.357. The number of anilines is 1. The highest BCUT2D eigenvalue weighted by Gasteiger charge is 2.48. The number of amides is 1. The van der Waals surface area contributed by atoms with Crippen LogP contribution in [0.4, 0.5) is 5.13 Å². The number of benzene rings is 1. The second-order valence-electron chi connectivity index (χ2n) is 6.93. The van der Waals surface area contributed by atoms with Gasteiger partial charge in [0.1, 0.15) is 16.5 Å². The van der Waals surface area contributed by atoms with Gasteiger partial charge in [-0.25, -0.2) is 0 Å². The van der Waals surface area contributed by atoms with Gasteiger partial charge in [-0.1, -0.05) is 30.4 Å². The van der Waals surface area contributed by atoms with Crippen LogP contribution in [0.2, 0.25) is 0 Å². The molecule has 0 radical (unpaired) electrons. The third-order valence-corrected chi connectivity index (χ3v) is 5.63. The van der Waals surface area contributed by atoms with Crippen molar-refractivity contribution in [2.75, 3.05) is 11.5 Å². The minimum Gasteiger partial charge on any atom is -0.507 e. The number of carbonyl (C=O) groups is 2. The Morgan fingerprint density at radius 2 is 1.84 bits per heavy atom. The zero-order valence-electron chi connectivity index (χ0n) is 17.0. The van der Waals surface area contributed by atoms with Crippen LogP contribution in [0, 0.1) is 6.92 Å².